The van der Waals surface area contributed by atoms with E-state index in [1.54, 1.807) is 21.3 Å². The fraction of sp³-hybridized carbons (Fsp3) is 0.294. The van der Waals surface area contributed by atoms with Crippen LogP contribution in [0.5, 0.6) is 17.2 Å². The number of methoxy groups -OCH3 is 3. The summed E-state index contributed by atoms with van der Waals surface area (Å²) in [6, 6.07) is 6.26. The molecule has 0 fully saturated rings. The summed E-state index contributed by atoms with van der Waals surface area (Å²) in [4.78, 5) is 3.44. The molecule has 0 unspecified atom stereocenters. The second-order valence-corrected chi connectivity index (χ2v) is 5.20. The van der Waals surface area contributed by atoms with E-state index in [1.807, 2.05) is 6.07 Å². The first-order valence-corrected chi connectivity index (χ1v) is 6.82. The van der Waals surface area contributed by atoms with Crippen LogP contribution >= 0.6 is 0 Å². The van der Waals surface area contributed by atoms with Crippen molar-refractivity contribution < 1.29 is 14.2 Å². The minimum Gasteiger partial charge on any atom is -0.493 e. The van der Waals surface area contributed by atoms with Crippen molar-refractivity contribution in [2.24, 2.45) is 0 Å². The molecule has 1 N–H and O–H groups in total. The number of ether oxygens (including phenoxy) is 3. The largest absolute Gasteiger partial charge is 0.493 e. The lowest BCUT2D eigenvalue weighted by Crippen LogP contribution is -1.95. The SMILES string of the molecule is COc1cc2[nH]c3cc(C)cc(C)c3c2c(OC)c1OC. The first-order valence-electron chi connectivity index (χ1n) is 6.82. The molecule has 1 aromatic heterocycles. The minimum atomic E-state index is 0.619. The van der Waals surface area contributed by atoms with Crippen LogP contribution < -0.4 is 14.2 Å². The van der Waals surface area contributed by atoms with E-state index in [-0.39, 0.29) is 0 Å². The number of rotatable bonds is 3. The van der Waals surface area contributed by atoms with Gasteiger partial charge in [0.15, 0.2) is 11.5 Å². The standard InChI is InChI=1S/C17H19NO3/c1-9-6-10(2)14-11(7-9)18-12-8-13(19-3)16(20-4)17(21-5)15(12)14/h6-8,18H,1-5H3. The number of aromatic amines is 1. The van der Waals surface area contributed by atoms with Crippen molar-refractivity contribution >= 4 is 21.8 Å². The van der Waals surface area contributed by atoms with Crippen LogP contribution in [-0.2, 0) is 0 Å². The third kappa shape index (κ3) is 1.90. The van der Waals surface area contributed by atoms with Gasteiger partial charge in [0.1, 0.15) is 0 Å². The van der Waals surface area contributed by atoms with Crippen LogP contribution in [0.25, 0.3) is 21.8 Å². The van der Waals surface area contributed by atoms with Crippen molar-refractivity contribution in [1.82, 2.24) is 4.98 Å². The number of H-pyrrole nitrogens is 1. The van der Waals surface area contributed by atoms with E-state index >= 15 is 0 Å². The fourth-order valence-corrected chi connectivity index (χ4v) is 3.05. The van der Waals surface area contributed by atoms with Crippen molar-refractivity contribution in [3.8, 4) is 17.2 Å². The first-order chi connectivity index (χ1) is 10.1. The highest BCUT2D eigenvalue weighted by atomic mass is 16.5. The molecule has 4 nitrogen and oxygen atoms in total. The van der Waals surface area contributed by atoms with E-state index in [2.05, 4.69) is 31.0 Å². The minimum absolute atomic E-state index is 0.619. The lowest BCUT2D eigenvalue weighted by molar-refractivity contribution is 0.327. The van der Waals surface area contributed by atoms with Crippen LogP contribution in [0.1, 0.15) is 11.1 Å². The Morgan fingerprint density at radius 1 is 0.762 bits per heavy atom. The highest BCUT2D eigenvalue weighted by Gasteiger charge is 2.20. The summed E-state index contributed by atoms with van der Waals surface area (Å²) in [5.41, 5.74) is 4.51. The van der Waals surface area contributed by atoms with Crippen molar-refractivity contribution in [3.05, 3.63) is 29.3 Å². The van der Waals surface area contributed by atoms with Crippen molar-refractivity contribution in [3.63, 3.8) is 0 Å². The van der Waals surface area contributed by atoms with Crippen LogP contribution in [0, 0.1) is 13.8 Å². The van der Waals surface area contributed by atoms with Crippen LogP contribution in [-0.4, -0.2) is 26.3 Å². The number of aromatic nitrogens is 1. The van der Waals surface area contributed by atoms with E-state index < -0.39 is 0 Å². The Morgan fingerprint density at radius 3 is 2.05 bits per heavy atom. The number of nitrogens with one attached hydrogen (secondary N) is 1. The van der Waals surface area contributed by atoms with Crippen molar-refractivity contribution in [2.75, 3.05) is 21.3 Å². The van der Waals surface area contributed by atoms with Gasteiger partial charge in [0.25, 0.3) is 0 Å². The lowest BCUT2D eigenvalue weighted by atomic mass is 10.0. The summed E-state index contributed by atoms with van der Waals surface area (Å²) in [5, 5.41) is 2.19. The van der Waals surface area contributed by atoms with Crippen molar-refractivity contribution in [2.45, 2.75) is 13.8 Å². The third-order valence-corrected chi connectivity index (χ3v) is 3.83. The Morgan fingerprint density at radius 2 is 1.43 bits per heavy atom. The highest BCUT2D eigenvalue weighted by Crippen LogP contribution is 2.46. The molecule has 0 saturated heterocycles. The molecule has 0 spiro atoms. The van der Waals surface area contributed by atoms with Gasteiger partial charge in [-0.05, 0) is 31.0 Å². The second kappa shape index (κ2) is 4.88. The average molecular weight is 285 g/mol. The molecule has 0 aliphatic rings. The average Bonchev–Trinajstić information content (AvgIpc) is 2.82. The molecule has 0 aliphatic carbocycles. The number of hydrogen-bond donors (Lipinski definition) is 1. The van der Waals surface area contributed by atoms with Gasteiger partial charge in [-0.3, -0.25) is 0 Å². The van der Waals surface area contributed by atoms with Crippen LogP contribution in [0.15, 0.2) is 18.2 Å². The Balaban J connectivity index is 2.54. The van der Waals surface area contributed by atoms with E-state index in [0.29, 0.717) is 17.2 Å². The molecule has 0 amide bonds. The molecule has 1 heterocycles. The van der Waals surface area contributed by atoms with Crippen LogP contribution in [0.3, 0.4) is 0 Å². The summed E-state index contributed by atoms with van der Waals surface area (Å²) >= 11 is 0. The second-order valence-electron chi connectivity index (χ2n) is 5.20. The predicted molar refractivity (Wildman–Crippen MR) is 84.9 cm³/mol. The van der Waals surface area contributed by atoms with Gasteiger partial charge >= 0.3 is 0 Å². The third-order valence-electron chi connectivity index (χ3n) is 3.83. The Hall–Kier alpha value is -2.36. The maximum Gasteiger partial charge on any atom is 0.204 e. The monoisotopic (exact) mass is 285 g/mol. The number of hydrogen-bond acceptors (Lipinski definition) is 3. The van der Waals surface area contributed by atoms with Crippen LogP contribution in [0.2, 0.25) is 0 Å². The molecule has 3 rings (SSSR count). The zero-order chi connectivity index (χ0) is 15.1. The summed E-state index contributed by atoms with van der Waals surface area (Å²) < 4.78 is 16.5. The van der Waals surface area contributed by atoms with Crippen LogP contribution in [0.4, 0.5) is 0 Å². The molecule has 3 aromatic rings. The van der Waals surface area contributed by atoms with E-state index in [0.717, 1.165) is 21.8 Å². The normalized spacial score (nSPS) is 11.1. The van der Waals surface area contributed by atoms with Gasteiger partial charge in [0.05, 0.1) is 32.2 Å². The van der Waals surface area contributed by atoms with Gasteiger partial charge in [0.2, 0.25) is 5.75 Å². The number of benzene rings is 2. The molecule has 0 atom stereocenters. The summed E-state index contributed by atoms with van der Waals surface area (Å²) in [6.07, 6.45) is 0. The zero-order valence-electron chi connectivity index (χ0n) is 13.0. The van der Waals surface area contributed by atoms with Gasteiger partial charge in [-0.15, -0.1) is 0 Å². The van der Waals surface area contributed by atoms with Gasteiger partial charge in [-0.2, -0.15) is 0 Å². The quantitative estimate of drug-likeness (QED) is 0.792. The molecular weight excluding hydrogens is 266 g/mol. The summed E-state index contributed by atoms with van der Waals surface area (Å²) in [7, 11) is 4.90. The molecule has 110 valence electrons. The number of fused-ring (bicyclic) bond motifs is 3. The Kier molecular flexibility index (Phi) is 3.16. The van der Waals surface area contributed by atoms with E-state index in [1.165, 1.54) is 11.1 Å². The van der Waals surface area contributed by atoms with Gasteiger partial charge in [-0.1, -0.05) is 6.07 Å². The molecule has 21 heavy (non-hydrogen) atoms. The fourth-order valence-electron chi connectivity index (χ4n) is 3.05. The smallest absolute Gasteiger partial charge is 0.204 e. The maximum absolute atomic E-state index is 5.62. The zero-order valence-corrected chi connectivity index (χ0v) is 13.0. The molecular formula is C17H19NO3. The Bertz CT molecular complexity index is 833. The first kappa shape index (κ1) is 13.6. The van der Waals surface area contributed by atoms with E-state index in [9.17, 15) is 0 Å². The van der Waals surface area contributed by atoms with Gasteiger partial charge < -0.3 is 19.2 Å². The molecule has 0 radical (unpaired) electrons. The van der Waals surface area contributed by atoms with Gasteiger partial charge in [0, 0.05) is 17.0 Å². The lowest BCUT2D eigenvalue weighted by Gasteiger charge is -2.13. The maximum atomic E-state index is 5.62. The summed E-state index contributed by atoms with van der Waals surface area (Å²) in [6.45, 7) is 4.20. The molecule has 0 bridgehead atoms. The molecule has 2 aromatic carbocycles. The topological polar surface area (TPSA) is 43.5 Å². The Labute approximate surface area is 123 Å². The molecule has 0 saturated carbocycles. The van der Waals surface area contributed by atoms with Gasteiger partial charge in [-0.25, -0.2) is 0 Å². The highest BCUT2D eigenvalue weighted by molar-refractivity contribution is 6.13. The van der Waals surface area contributed by atoms with Crippen molar-refractivity contribution in [1.29, 1.82) is 0 Å². The van der Waals surface area contributed by atoms with E-state index in [4.69, 9.17) is 14.2 Å². The molecule has 0 aliphatic heterocycles. The predicted octanol–water partition coefficient (Wildman–Crippen LogP) is 3.96. The summed E-state index contributed by atoms with van der Waals surface area (Å²) in [5.74, 6) is 1.97. The molecule has 4 heteroatoms. The number of aryl methyl sites for hydroxylation is 2.